The van der Waals surface area contributed by atoms with Gasteiger partial charge in [0.15, 0.2) is 35.6 Å². The Hall–Kier alpha value is -5.54. The van der Waals surface area contributed by atoms with Gasteiger partial charge in [-0.15, -0.1) is 0 Å². The predicted octanol–water partition coefficient (Wildman–Crippen LogP) is 5.96. The van der Waals surface area contributed by atoms with E-state index in [1.165, 1.54) is 25.3 Å². The topological polar surface area (TPSA) is 157 Å². The fourth-order valence-corrected chi connectivity index (χ4v) is 8.77. The molecule has 1 amide bonds. The fraction of sp³-hybridized carbons (Fsp3) is 0.413. The third-order valence-corrected chi connectivity index (χ3v) is 11.8. The van der Waals surface area contributed by atoms with Crippen molar-refractivity contribution >= 4 is 35.1 Å². The van der Waals surface area contributed by atoms with E-state index in [1.54, 1.807) is 12.1 Å². The highest BCUT2D eigenvalue weighted by atomic mass is 35.5. The first-order chi connectivity index (χ1) is 28.4. The van der Waals surface area contributed by atoms with Crippen LogP contribution in [0.4, 0.5) is 5.69 Å². The molecule has 4 heterocycles. The van der Waals surface area contributed by atoms with Crippen molar-refractivity contribution in [2.75, 3.05) is 33.1 Å². The second kappa shape index (κ2) is 16.5. The third-order valence-electron chi connectivity index (χ3n) is 11.5. The van der Waals surface area contributed by atoms with Crippen LogP contribution in [0.1, 0.15) is 61.6 Å². The molecule has 8 atom stereocenters. The van der Waals surface area contributed by atoms with Crippen LogP contribution in [0.15, 0.2) is 72.1 Å². The Bertz CT molecular complexity index is 2360. The number of nitrogens with two attached hydrogens (primary N) is 1. The van der Waals surface area contributed by atoms with Gasteiger partial charge in [-0.2, -0.15) is 0 Å². The average molecular weight is 838 g/mol. The van der Waals surface area contributed by atoms with Crippen LogP contribution >= 0.6 is 11.6 Å². The Morgan fingerprint density at radius 2 is 1.88 bits per heavy atom. The summed E-state index contributed by atoms with van der Waals surface area (Å²) in [5.41, 5.74) is 6.36. The summed E-state index contributed by atoms with van der Waals surface area (Å²) in [4.78, 5) is 42.2. The Balaban J connectivity index is 1.34. The first-order valence-corrected chi connectivity index (χ1v) is 19.9. The summed E-state index contributed by atoms with van der Waals surface area (Å²) >= 11 is 6.93. The van der Waals surface area contributed by atoms with Crippen LogP contribution in [0.2, 0.25) is 5.02 Å². The van der Waals surface area contributed by atoms with Crippen LogP contribution in [0, 0.1) is 42.4 Å². The molecule has 8 rings (SSSR count). The van der Waals surface area contributed by atoms with Crippen LogP contribution < -0.4 is 25.3 Å². The largest absolute Gasteiger partial charge is 0.497 e. The van der Waals surface area contributed by atoms with Crippen molar-refractivity contribution in [3.63, 3.8) is 0 Å². The fourth-order valence-electron chi connectivity index (χ4n) is 8.45. The molecule has 1 saturated heterocycles. The number of anilines is 1. The standard InChI is InChI=1S/C46H48ClN3O10/c1-24-18-29-19-33(47)40(24)58-37-14-10-12-28(15-16-30-13-11-17-46(30,37)60-44-26(3)25(2)41(50(7)8)45(5,6)59-44)36(23-55-38(51)22-34(29)48)57-43(53)32-20-31(54-9)21-35-39(32)49-42(52)27(4)56-35/h11-13,17-21,25-26,34,36-37,41,44H,4,22-23,48H2,1-3,5-9H3,(H,49,52)/b28-12+/t25?,26?,34-,36-,37+,41?,44?,46+/m0/s1. The Morgan fingerprint density at radius 3 is 2.60 bits per heavy atom. The zero-order chi connectivity index (χ0) is 43.3. The highest BCUT2D eigenvalue weighted by molar-refractivity contribution is 6.32. The quantitative estimate of drug-likeness (QED) is 0.200. The number of rotatable bonds is 6. The number of methoxy groups -OCH3 is 1. The summed E-state index contributed by atoms with van der Waals surface area (Å²) in [5.74, 6) is 11.1. The number of fused-ring (bicyclic) bond motifs is 9. The van der Waals surface area contributed by atoms with E-state index < -0.39 is 60.2 Å². The number of hydrogen-bond acceptors (Lipinski definition) is 12. The molecule has 0 aromatic heterocycles. The van der Waals surface area contributed by atoms with E-state index in [4.69, 9.17) is 50.5 Å². The summed E-state index contributed by atoms with van der Waals surface area (Å²) in [6.45, 7) is 13.4. The number of amides is 1. The van der Waals surface area contributed by atoms with E-state index in [1.807, 2.05) is 39.2 Å². The van der Waals surface area contributed by atoms with Crippen molar-refractivity contribution in [1.29, 1.82) is 0 Å². The normalized spacial score (nSPS) is 29.9. The van der Waals surface area contributed by atoms with Gasteiger partial charge in [0.25, 0.3) is 5.91 Å². The molecule has 0 saturated carbocycles. The van der Waals surface area contributed by atoms with Crippen LogP contribution in [-0.4, -0.2) is 86.3 Å². The number of benzene rings is 2. The maximum Gasteiger partial charge on any atom is 0.341 e. The molecule has 14 heteroatoms. The molecule has 13 nitrogen and oxygen atoms in total. The average Bonchev–Trinajstić information content (AvgIpc) is 3.60. The van der Waals surface area contributed by atoms with Crippen LogP contribution in [0.5, 0.6) is 17.2 Å². The van der Waals surface area contributed by atoms with Crippen molar-refractivity contribution in [2.24, 2.45) is 17.6 Å². The van der Waals surface area contributed by atoms with E-state index in [9.17, 15) is 14.4 Å². The van der Waals surface area contributed by atoms with E-state index in [2.05, 4.69) is 68.2 Å². The van der Waals surface area contributed by atoms with Gasteiger partial charge in [0.2, 0.25) is 0 Å². The molecule has 2 aliphatic carbocycles. The maximum atomic E-state index is 14.2. The molecule has 314 valence electrons. The smallest absolute Gasteiger partial charge is 0.341 e. The van der Waals surface area contributed by atoms with Crippen molar-refractivity contribution < 1.29 is 47.5 Å². The summed E-state index contributed by atoms with van der Waals surface area (Å²) in [7, 11) is 5.50. The zero-order valence-corrected chi connectivity index (χ0v) is 35.5. The number of nitrogens with zero attached hydrogens (tertiary/aromatic N) is 1. The molecule has 0 radical (unpaired) electrons. The lowest BCUT2D eigenvalue weighted by Gasteiger charge is -2.53. The van der Waals surface area contributed by atoms with Gasteiger partial charge in [-0.3, -0.25) is 9.59 Å². The number of aryl methyl sites for hydroxylation is 1. The lowest BCUT2D eigenvalue weighted by Crippen LogP contribution is -2.62. The highest BCUT2D eigenvalue weighted by Gasteiger charge is 2.53. The van der Waals surface area contributed by atoms with Crippen molar-refractivity contribution in [1.82, 2.24) is 4.90 Å². The second-order valence-electron chi connectivity index (χ2n) is 16.3. The monoisotopic (exact) mass is 837 g/mol. The lowest BCUT2D eigenvalue weighted by atomic mass is 9.76. The predicted molar refractivity (Wildman–Crippen MR) is 223 cm³/mol. The zero-order valence-electron chi connectivity index (χ0n) is 34.8. The number of ether oxygens (including phenoxy) is 7. The second-order valence-corrected chi connectivity index (χ2v) is 16.7. The minimum atomic E-state index is -1.41. The van der Waals surface area contributed by atoms with Crippen LogP contribution in [-0.2, 0) is 28.5 Å². The van der Waals surface area contributed by atoms with Crippen LogP contribution in [0.3, 0.4) is 0 Å². The maximum absolute atomic E-state index is 14.2. The number of allylic oxidation sites excluding steroid dienone is 3. The summed E-state index contributed by atoms with van der Waals surface area (Å²) < 4.78 is 43.6. The molecule has 2 aromatic carbocycles. The van der Waals surface area contributed by atoms with E-state index in [-0.39, 0.29) is 63.4 Å². The third kappa shape index (κ3) is 8.04. The SMILES string of the molecule is C=C1Oc2cc(OC)cc(C(=O)O[C@H]3COC(=O)C[C@H](N)c4cc(C)c(c(Cl)c4)O[C@@H]4C#C/C=C/3C#CC3=CC=C[C@@]34OC3OC(C)(C)C(N(C)C)C(C)C3C)c2NC1=O. The van der Waals surface area contributed by atoms with Gasteiger partial charge in [0, 0.05) is 35.7 Å². The number of esters is 2. The molecule has 3 N–H and O–H groups in total. The van der Waals surface area contributed by atoms with Crippen molar-refractivity contribution in [2.45, 2.75) is 82.8 Å². The van der Waals surface area contributed by atoms with E-state index >= 15 is 0 Å². The number of halogens is 1. The molecule has 4 aliphatic heterocycles. The number of hydrogen-bond donors (Lipinski definition) is 2. The highest BCUT2D eigenvalue weighted by Crippen LogP contribution is 2.45. The van der Waals surface area contributed by atoms with Gasteiger partial charge in [-0.1, -0.05) is 61.9 Å². The molecule has 2 aromatic rings. The van der Waals surface area contributed by atoms with Gasteiger partial charge in [-0.25, -0.2) is 4.79 Å². The summed E-state index contributed by atoms with van der Waals surface area (Å²) in [6.07, 6.45) is 3.67. The number of likely N-dealkylation sites (N-methyl/N-ethyl adjacent to an activating group) is 1. The Labute approximate surface area is 354 Å². The Kier molecular flexibility index (Phi) is 11.7. The molecule has 0 spiro atoms. The molecule has 4 bridgehead atoms. The summed E-state index contributed by atoms with van der Waals surface area (Å²) in [5, 5.41) is 2.89. The molecular weight excluding hydrogens is 790 g/mol. The minimum Gasteiger partial charge on any atom is -0.497 e. The van der Waals surface area contributed by atoms with E-state index in [0.29, 0.717) is 22.4 Å². The minimum absolute atomic E-state index is 0.0426. The van der Waals surface area contributed by atoms with Crippen LogP contribution in [0.25, 0.3) is 0 Å². The molecule has 6 aliphatic rings. The number of carbonyl (C=O) groups excluding carboxylic acids is 3. The van der Waals surface area contributed by atoms with Gasteiger partial charge in [0.05, 0.1) is 41.0 Å². The first-order valence-electron chi connectivity index (χ1n) is 19.6. The van der Waals surface area contributed by atoms with Crippen molar-refractivity contribution in [3.05, 3.63) is 93.8 Å². The van der Waals surface area contributed by atoms with Gasteiger partial charge in [0.1, 0.15) is 18.1 Å². The van der Waals surface area contributed by atoms with Gasteiger partial charge in [-0.05, 0) is 82.1 Å². The molecule has 4 unspecified atom stereocenters. The lowest BCUT2D eigenvalue weighted by molar-refractivity contribution is -0.304. The van der Waals surface area contributed by atoms with Crippen molar-refractivity contribution in [3.8, 4) is 40.9 Å². The number of carbonyl (C=O) groups is 3. The summed E-state index contributed by atoms with van der Waals surface area (Å²) in [6, 6.07) is 5.62. The first kappa shape index (κ1) is 42.6. The van der Waals surface area contributed by atoms with Gasteiger partial charge < -0.3 is 49.1 Å². The van der Waals surface area contributed by atoms with E-state index in [0.717, 1.165) is 0 Å². The molecule has 60 heavy (non-hydrogen) atoms. The molecular formula is C46H48ClN3O10. The number of nitrogens with one attached hydrogen (secondary N) is 1. The molecule has 1 fully saturated rings. The Morgan fingerprint density at radius 1 is 1.12 bits per heavy atom. The van der Waals surface area contributed by atoms with Gasteiger partial charge >= 0.3 is 11.9 Å².